The lowest BCUT2D eigenvalue weighted by Crippen LogP contribution is -2.62. The number of hydrogen-bond acceptors (Lipinski definition) is 5. The summed E-state index contributed by atoms with van der Waals surface area (Å²) < 4.78 is -0.802. The largest absolute Gasteiger partial charge is 0.394 e. The fourth-order valence-corrected chi connectivity index (χ4v) is 11.6. The lowest BCUT2D eigenvalue weighted by molar-refractivity contribution is -0.149. The summed E-state index contributed by atoms with van der Waals surface area (Å²) in [5.74, 6) is -1.69. The predicted molar refractivity (Wildman–Crippen MR) is 178 cm³/mol. The molecule has 7 atom stereocenters. The number of alkyl halides is 1. The van der Waals surface area contributed by atoms with Crippen LogP contribution in [0.15, 0.2) is 55.6 Å². The minimum Gasteiger partial charge on any atom is -0.394 e. The minimum atomic E-state index is -0.831. The first-order chi connectivity index (χ1) is 20.1. The Morgan fingerprint density at radius 1 is 1.14 bits per heavy atom. The van der Waals surface area contributed by atoms with Crippen LogP contribution in [0.25, 0.3) is 0 Å². The SMILES string of the molecule is C=CCN(C)C(=O)[C@H]1[C@@H]2SC3(CC2Br)C(C(=O)N(CC=C)C(C)(C)CC(C)(C)C)N([C@@H](CO)Cc2ccccc2)C(=O)[C@H]13. The van der Waals surface area contributed by atoms with Gasteiger partial charge in [-0.1, -0.05) is 79.2 Å². The molecule has 9 heteroatoms. The molecule has 3 aliphatic rings. The molecule has 3 amide bonds. The van der Waals surface area contributed by atoms with E-state index in [0.717, 1.165) is 12.0 Å². The number of nitrogens with zero attached hydrogens (tertiary/aromatic N) is 3. The van der Waals surface area contributed by atoms with E-state index >= 15 is 4.79 Å². The number of likely N-dealkylation sites (N-methyl/N-ethyl adjacent to an activating group) is 1. The zero-order chi connectivity index (χ0) is 31.9. The molecular formula is C34H48BrN3O4S. The number of benzene rings is 1. The second-order valence-electron chi connectivity index (χ2n) is 14.2. The van der Waals surface area contributed by atoms with Crippen molar-refractivity contribution in [2.75, 3.05) is 26.7 Å². The lowest BCUT2D eigenvalue weighted by Gasteiger charge is -2.46. The number of halogens is 1. The fraction of sp³-hybridized carbons (Fsp3) is 0.618. The minimum absolute atomic E-state index is 0.0278. The van der Waals surface area contributed by atoms with E-state index in [1.165, 1.54) is 0 Å². The monoisotopic (exact) mass is 673 g/mol. The molecule has 4 rings (SSSR count). The van der Waals surface area contributed by atoms with Crippen molar-refractivity contribution >= 4 is 45.4 Å². The Hall–Kier alpha value is -2.10. The van der Waals surface area contributed by atoms with Crippen molar-refractivity contribution in [1.82, 2.24) is 14.7 Å². The van der Waals surface area contributed by atoms with Crippen LogP contribution < -0.4 is 0 Å². The molecule has 7 nitrogen and oxygen atoms in total. The van der Waals surface area contributed by atoms with E-state index in [9.17, 15) is 14.7 Å². The zero-order valence-corrected chi connectivity index (χ0v) is 28.9. The molecule has 3 unspecified atom stereocenters. The molecule has 0 saturated carbocycles. The van der Waals surface area contributed by atoms with Crippen molar-refractivity contribution in [2.24, 2.45) is 17.3 Å². The first-order valence-electron chi connectivity index (χ1n) is 15.2. The average Bonchev–Trinajstić information content (AvgIpc) is 3.52. The first-order valence-corrected chi connectivity index (χ1v) is 17.0. The second kappa shape index (κ2) is 12.7. The van der Waals surface area contributed by atoms with Crippen LogP contribution in [0.5, 0.6) is 0 Å². The van der Waals surface area contributed by atoms with Crippen molar-refractivity contribution in [3.63, 3.8) is 0 Å². The maximum Gasteiger partial charge on any atom is 0.247 e. The van der Waals surface area contributed by atoms with Crippen LogP contribution in [-0.4, -0.2) is 96.7 Å². The third kappa shape index (κ3) is 6.23. The molecule has 3 fully saturated rings. The van der Waals surface area contributed by atoms with Gasteiger partial charge in [-0.3, -0.25) is 14.4 Å². The van der Waals surface area contributed by atoms with Gasteiger partial charge < -0.3 is 19.8 Å². The summed E-state index contributed by atoms with van der Waals surface area (Å²) in [6.45, 7) is 18.8. The van der Waals surface area contributed by atoms with Gasteiger partial charge in [0, 0.05) is 35.8 Å². The van der Waals surface area contributed by atoms with E-state index in [4.69, 9.17) is 0 Å². The molecule has 43 heavy (non-hydrogen) atoms. The van der Waals surface area contributed by atoms with Crippen LogP contribution in [0.4, 0.5) is 0 Å². The highest BCUT2D eigenvalue weighted by atomic mass is 79.9. The molecule has 3 saturated heterocycles. The number of carbonyl (C=O) groups excluding carboxylic acids is 3. The molecule has 1 aromatic rings. The number of thioether (sulfide) groups is 1. The molecule has 0 radical (unpaired) electrons. The van der Waals surface area contributed by atoms with E-state index in [1.807, 2.05) is 35.2 Å². The normalized spacial score (nSPS) is 28.9. The number of rotatable bonds is 12. The van der Waals surface area contributed by atoms with Gasteiger partial charge in [0.05, 0.1) is 29.2 Å². The van der Waals surface area contributed by atoms with Gasteiger partial charge in [0.25, 0.3) is 0 Å². The quantitative estimate of drug-likeness (QED) is 0.252. The van der Waals surface area contributed by atoms with Crippen molar-refractivity contribution in [2.45, 2.75) is 86.3 Å². The number of amides is 3. The number of carbonyl (C=O) groups is 3. The molecule has 0 aromatic heterocycles. The first kappa shape index (κ1) is 33.8. The van der Waals surface area contributed by atoms with E-state index in [1.54, 1.807) is 40.8 Å². The summed E-state index contributed by atoms with van der Waals surface area (Å²) in [6.07, 6.45) is 5.17. The lowest BCUT2D eigenvalue weighted by atomic mass is 9.70. The molecule has 236 valence electrons. The van der Waals surface area contributed by atoms with Crippen LogP contribution in [0, 0.1) is 17.3 Å². The van der Waals surface area contributed by atoms with Crippen molar-refractivity contribution in [3.8, 4) is 0 Å². The summed E-state index contributed by atoms with van der Waals surface area (Å²) in [5.41, 5.74) is 0.389. The molecule has 1 N–H and O–H groups in total. The number of fused-ring (bicyclic) bond motifs is 1. The van der Waals surface area contributed by atoms with Gasteiger partial charge in [-0.2, -0.15) is 0 Å². The van der Waals surface area contributed by atoms with Crippen LogP contribution in [0.2, 0.25) is 0 Å². The van der Waals surface area contributed by atoms with E-state index in [-0.39, 0.29) is 39.8 Å². The van der Waals surface area contributed by atoms with Gasteiger partial charge in [-0.05, 0) is 44.1 Å². The smallest absolute Gasteiger partial charge is 0.247 e. The van der Waals surface area contributed by atoms with E-state index < -0.39 is 34.2 Å². The number of likely N-dealkylation sites (tertiary alicyclic amines) is 1. The second-order valence-corrected chi connectivity index (χ2v) is 16.9. The summed E-state index contributed by atoms with van der Waals surface area (Å²) in [7, 11) is 1.74. The van der Waals surface area contributed by atoms with Crippen LogP contribution in [-0.2, 0) is 20.8 Å². The summed E-state index contributed by atoms with van der Waals surface area (Å²) in [6, 6.07) is 8.30. The van der Waals surface area contributed by atoms with Gasteiger partial charge >= 0.3 is 0 Å². The average molecular weight is 675 g/mol. The topological polar surface area (TPSA) is 81.2 Å². The Morgan fingerprint density at radius 2 is 1.77 bits per heavy atom. The van der Waals surface area contributed by atoms with Crippen molar-refractivity contribution in [3.05, 3.63) is 61.2 Å². The van der Waals surface area contributed by atoms with Crippen LogP contribution in [0.3, 0.4) is 0 Å². The Labute approximate surface area is 270 Å². The molecule has 1 aromatic carbocycles. The highest BCUT2D eigenvalue weighted by Crippen LogP contribution is 2.68. The highest BCUT2D eigenvalue weighted by Gasteiger charge is 2.76. The fourth-order valence-electron chi connectivity index (χ4n) is 8.00. The standard InChI is InChI=1S/C34H48BrN3O4S/c1-9-16-36(8)29(40)25-26-30(41)38(23(20-39)18-22-14-12-11-13-15-22)28(34(26)19-24(35)27(25)43-34)31(42)37(17-10-2)33(6,7)21-32(3,4)5/h9-15,23-28,39H,1-2,16-21H2,3-8H3/t23-,24?,25-,26+,27-,28?,34?/m1/s1. The molecule has 3 aliphatic heterocycles. The highest BCUT2D eigenvalue weighted by molar-refractivity contribution is 9.09. The molecule has 1 spiro atoms. The van der Waals surface area contributed by atoms with Crippen LogP contribution in [0.1, 0.15) is 53.0 Å². The number of aliphatic hydroxyl groups excluding tert-OH is 1. The van der Waals surface area contributed by atoms with Crippen molar-refractivity contribution in [1.29, 1.82) is 0 Å². The summed E-state index contributed by atoms with van der Waals surface area (Å²) >= 11 is 5.49. The zero-order valence-electron chi connectivity index (χ0n) is 26.5. The van der Waals surface area contributed by atoms with Gasteiger partial charge in [-0.15, -0.1) is 24.9 Å². The van der Waals surface area contributed by atoms with Crippen molar-refractivity contribution < 1.29 is 19.5 Å². The number of hydrogen-bond donors (Lipinski definition) is 1. The van der Waals surface area contributed by atoms with Gasteiger partial charge in [0.1, 0.15) is 6.04 Å². The third-order valence-electron chi connectivity index (χ3n) is 9.21. The maximum absolute atomic E-state index is 15.1. The molecule has 3 heterocycles. The molecular weight excluding hydrogens is 626 g/mol. The van der Waals surface area contributed by atoms with E-state index in [0.29, 0.717) is 25.9 Å². The Bertz CT molecular complexity index is 1230. The predicted octanol–water partition coefficient (Wildman–Crippen LogP) is 4.93. The van der Waals surface area contributed by atoms with Gasteiger partial charge in [0.2, 0.25) is 17.7 Å². The van der Waals surface area contributed by atoms with Crippen LogP contribution >= 0.6 is 27.7 Å². The Balaban J connectivity index is 1.86. The molecule has 2 bridgehead atoms. The number of aliphatic hydroxyl groups is 1. The third-order valence-corrected chi connectivity index (χ3v) is 12.4. The Morgan fingerprint density at radius 3 is 2.33 bits per heavy atom. The van der Waals surface area contributed by atoms with Gasteiger partial charge in [-0.25, -0.2) is 0 Å². The van der Waals surface area contributed by atoms with E-state index in [2.05, 4.69) is 63.7 Å². The maximum atomic E-state index is 15.1. The summed E-state index contributed by atoms with van der Waals surface area (Å²) in [4.78, 5) is 48.9. The van der Waals surface area contributed by atoms with Gasteiger partial charge in [0.15, 0.2) is 0 Å². The summed E-state index contributed by atoms with van der Waals surface area (Å²) in [5, 5.41) is 10.7. The Kier molecular flexibility index (Phi) is 9.99. The molecule has 0 aliphatic carbocycles.